The zero-order chi connectivity index (χ0) is 22.0. The number of amides is 1. The maximum absolute atomic E-state index is 13.5. The number of benzene rings is 3. The third kappa shape index (κ3) is 4.45. The van der Waals surface area contributed by atoms with Gasteiger partial charge in [-0.2, -0.15) is 0 Å². The number of rotatable bonds is 5. The van der Waals surface area contributed by atoms with E-state index in [9.17, 15) is 13.2 Å². The van der Waals surface area contributed by atoms with Crippen LogP contribution < -0.4 is 4.31 Å². The van der Waals surface area contributed by atoms with E-state index in [1.54, 1.807) is 17.0 Å². The van der Waals surface area contributed by atoms with Crippen molar-refractivity contribution < 1.29 is 13.2 Å². The van der Waals surface area contributed by atoms with E-state index in [4.69, 9.17) is 11.6 Å². The average Bonchev–Trinajstić information content (AvgIpc) is 2.78. The number of carbonyl (C=O) groups is 1. The van der Waals surface area contributed by atoms with Crippen molar-refractivity contribution in [1.82, 2.24) is 4.90 Å². The molecule has 160 valence electrons. The number of para-hydroxylation sites is 1. The van der Waals surface area contributed by atoms with Gasteiger partial charge in [0.1, 0.15) is 6.54 Å². The van der Waals surface area contributed by atoms with Crippen LogP contribution in [0.25, 0.3) is 0 Å². The van der Waals surface area contributed by atoms with Gasteiger partial charge in [0, 0.05) is 18.1 Å². The molecule has 1 amide bonds. The molecule has 0 saturated heterocycles. The Morgan fingerprint density at radius 3 is 2.32 bits per heavy atom. The van der Waals surface area contributed by atoms with Gasteiger partial charge in [0.05, 0.1) is 10.6 Å². The fourth-order valence-corrected chi connectivity index (χ4v) is 5.41. The number of sulfonamides is 1. The monoisotopic (exact) mass is 454 g/mol. The van der Waals surface area contributed by atoms with Crippen LogP contribution >= 0.6 is 11.6 Å². The molecule has 0 unspecified atom stereocenters. The van der Waals surface area contributed by atoms with Crippen molar-refractivity contribution in [2.45, 2.75) is 24.8 Å². The van der Waals surface area contributed by atoms with Gasteiger partial charge in [-0.3, -0.25) is 9.10 Å². The van der Waals surface area contributed by atoms with E-state index in [0.29, 0.717) is 23.8 Å². The SMILES string of the molecule is Cc1ccccc1N(CC(=O)N1CCc2ccccc2C1)S(=O)(=O)c1ccc(Cl)cc1. The Morgan fingerprint density at radius 1 is 0.968 bits per heavy atom. The zero-order valence-corrected chi connectivity index (χ0v) is 18.7. The number of carbonyl (C=O) groups excluding carboxylic acids is 1. The minimum atomic E-state index is -3.96. The van der Waals surface area contributed by atoms with Crippen LogP contribution in [0.1, 0.15) is 16.7 Å². The van der Waals surface area contributed by atoms with Gasteiger partial charge in [0.15, 0.2) is 0 Å². The Morgan fingerprint density at radius 2 is 1.61 bits per heavy atom. The van der Waals surface area contributed by atoms with Crippen LogP contribution in [0.3, 0.4) is 0 Å². The number of fused-ring (bicyclic) bond motifs is 1. The maximum Gasteiger partial charge on any atom is 0.264 e. The molecule has 3 aromatic rings. The summed E-state index contributed by atoms with van der Waals surface area (Å²) in [5, 5.41) is 0.449. The molecule has 7 heteroatoms. The van der Waals surface area contributed by atoms with E-state index in [1.807, 2.05) is 37.3 Å². The lowest BCUT2D eigenvalue weighted by atomic mass is 10.00. The summed E-state index contributed by atoms with van der Waals surface area (Å²) in [6, 6.07) is 21.2. The molecular formula is C24H23ClN2O3S. The van der Waals surface area contributed by atoms with E-state index in [1.165, 1.54) is 34.1 Å². The number of nitrogens with zero attached hydrogens (tertiary/aromatic N) is 2. The molecule has 1 aliphatic rings. The first kappa shape index (κ1) is 21.4. The lowest BCUT2D eigenvalue weighted by Gasteiger charge is -2.32. The summed E-state index contributed by atoms with van der Waals surface area (Å²) in [4.78, 5) is 15.1. The van der Waals surface area contributed by atoms with E-state index in [2.05, 4.69) is 6.07 Å². The molecule has 0 saturated carbocycles. The molecule has 0 bridgehead atoms. The minimum absolute atomic E-state index is 0.0944. The van der Waals surface area contributed by atoms with Crippen molar-refractivity contribution in [3.8, 4) is 0 Å². The summed E-state index contributed by atoms with van der Waals surface area (Å²) in [5.41, 5.74) is 3.60. The lowest BCUT2D eigenvalue weighted by Crippen LogP contribution is -2.45. The Balaban J connectivity index is 1.66. The summed E-state index contributed by atoms with van der Waals surface area (Å²) < 4.78 is 28.3. The van der Waals surface area contributed by atoms with Gasteiger partial charge in [-0.25, -0.2) is 8.42 Å². The van der Waals surface area contributed by atoms with Crippen LogP contribution in [0, 0.1) is 6.92 Å². The summed E-state index contributed by atoms with van der Waals surface area (Å²) in [6.07, 6.45) is 0.760. The normalized spacial score (nSPS) is 13.5. The molecule has 1 heterocycles. The van der Waals surface area contributed by atoms with E-state index < -0.39 is 10.0 Å². The quantitative estimate of drug-likeness (QED) is 0.573. The number of hydrogen-bond acceptors (Lipinski definition) is 3. The highest BCUT2D eigenvalue weighted by atomic mass is 35.5. The predicted octanol–water partition coefficient (Wildman–Crippen LogP) is 4.43. The van der Waals surface area contributed by atoms with Crippen molar-refractivity contribution in [3.05, 3.63) is 94.5 Å². The third-order valence-electron chi connectivity index (χ3n) is 5.55. The molecule has 3 aromatic carbocycles. The fourth-order valence-electron chi connectivity index (χ4n) is 3.81. The molecule has 0 aromatic heterocycles. The Hall–Kier alpha value is -2.83. The smallest absolute Gasteiger partial charge is 0.264 e. The maximum atomic E-state index is 13.5. The number of aryl methyl sites for hydroxylation is 1. The van der Waals surface area contributed by atoms with Crippen molar-refractivity contribution in [1.29, 1.82) is 0 Å². The highest BCUT2D eigenvalue weighted by Gasteiger charge is 2.30. The standard InChI is InChI=1S/C24H23ClN2O3S/c1-18-6-2-5-9-23(18)27(31(29,30)22-12-10-21(25)11-13-22)17-24(28)26-15-14-19-7-3-4-8-20(19)16-26/h2-13H,14-17H2,1H3. The second-order valence-corrected chi connectivity index (χ2v) is 9.88. The first-order valence-electron chi connectivity index (χ1n) is 10.0. The van der Waals surface area contributed by atoms with Crippen LogP contribution in [0.2, 0.25) is 5.02 Å². The van der Waals surface area contributed by atoms with Crippen LogP contribution in [0.4, 0.5) is 5.69 Å². The molecule has 31 heavy (non-hydrogen) atoms. The molecular weight excluding hydrogens is 432 g/mol. The summed E-state index contributed by atoms with van der Waals surface area (Å²) in [5.74, 6) is -0.227. The minimum Gasteiger partial charge on any atom is -0.336 e. The fraction of sp³-hybridized carbons (Fsp3) is 0.208. The van der Waals surface area contributed by atoms with Gasteiger partial charge in [-0.05, 0) is 60.4 Å². The Bertz CT molecular complexity index is 1210. The molecule has 0 radical (unpaired) electrons. The van der Waals surface area contributed by atoms with Crippen molar-refractivity contribution in [2.24, 2.45) is 0 Å². The van der Waals surface area contributed by atoms with Gasteiger partial charge in [0.25, 0.3) is 10.0 Å². The van der Waals surface area contributed by atoms with Crippen molar-refractivity contribution in [2.75, 3.05) is 17.4 Å². The lowest BCUT2D eigenvalue weighted by molar-refractivity contribution is -0.130. The topological polar surface area (TPSA) is 57.7 Å². The number of anilines is 1. The average molecular weight is 455 g/mol. The summed E-state index contributed by atoms with van der Waals surface area (Å²) >= 11 is 5.94. The molecule has 5 nitrogen and oxygen atoms in total. The van der Waals surface area contributed by atoms with E-state index >= 15 is 0 Å². The van der Waals surface area contributed by atoms with Crippen LogP contribution in [-0.2, 0) is 27.8 Å². The Kier molecular flexibility index (Phi) is 6.03. The highest BCUT2D eigenvalue weighted by Crippen LogP contribution is 2.28. The van der Waals surface area contributed by atoms with Crippen molar-refractivity contribution >= 4 is 33.2 Å². The molecule has 0 fully saturated rings. The van der Waals surface area contributed by atoms with Crippen LogP contribution in [-0.4, -0.2) is 32.3 Å². The van der Waals surface area contributed by atoms with Crippen molar-refractivity contribution in [3.63, 3.8) is 0 Å². The zero-order valence-electron chi connectivity index (χ0n) is 17.2. The van der Waals surface area contributed by atoms with Crippen LogP contribution in [0.15, 0.2) is 77.7 Å². The largest absolute Gasteiger partial charge is 0.336 e. The van der Waals surface area contributed by atoms with E-state index in [-0.39, 0.29) is 17.3 Å². The summed E-state index contributed by atoms with van der Waals surface area (Å²) in [7, 11) is -3.96. The van der Waals surface area contributed by atoms with Gasteiger partial charge >= 0.3 is 0 Å². The van der Waals surface area contributed by atoms with Gasteiger partial charge in [0.2, 0.25) is 5.91 Å². The third-order valence-corrected chi connectivity index (χ3v) is 7.57. The molecule has 0 spiro atoms. The second kappa shape index (κ2) is 8.73. The molecule has 1 aliphatic heterocycles. The molecule has 0 N–H and O–H groups in total. The summed E-state index contributed by atoms with van der Waals surface area (Å²) in [6.45, 7) is 2.62. The van der Waals surface area contributed by atoms with Gasteiger partial charge < -0.3 is 4.90 Å². The highest BCUT2D eigenvalue weighted by molar-refractivity contribution is 7.92. The number of hydrogen-bond donors (Lipinski definition) is 0. The Labute approximate surface area is 187 Å². The predicted molar refractivity (Wildman–Crippen MR) is 123 cm³/mol. The van der Waals surface area contributed by atoms with Crippen LogP contribution in [0.5, 0.6) is 0 Å². The first-order valence-corrected chi connectivity index (χ1v) is 11.9. The van der Waals surface area contributed by atoms with Gasteiger partial charge in [-0.15, -0.1) is 0 Å². The first-order chi connectivity index (χ1) is 14.9. The molecule has 4 rings (SSSR count). The van der Waals surface area contributed by atoms with Gasteiger partial charge in [-0.1, -0.05) is 54.1 Å². The van der Waals surface area contributed by atoms with E-state index in [0.717, 1.165) is 17.5 Å². The number of halogens is 1. The molecule has 0 atom stereocenters. The second-order valence-electron chi connectivity index (χ2n) is 7.59. The molecule has 0 aliphatic carbocycles.